The molecule has 0 aliphatic heterocycles. The Morgan fingerprint density at radius 1 is 1.22 bits per heavy atom. The van der Waals surface area contributed by atoms with E-state index in [2.05, 4.69) is 10.6 Å². The largest absolute Gasteiger partial charge is 0.493 e. The zero-order valence-electron chi connectivity index (χ0n) is 13.9. The molecule has 0 bridgehead atoms. The van der Waals surface area contributed by atoms with Crippen molar-refractivity contribution >= 4 is 23.4 Å². The molecule has 0 unspecified atom stereocenters. The summed E-state index contributed by atoms with van der Waals surface area (Å²) >= 11 is 6.13. The van der Waals surface area contributed by atoms with Crippen LogP contribution in [0.2, 0.25) is 5.02 Å². The molecule has 0 saturated carbocycles. The topological polar surface area (TPSA) is 76.7 Å². The van der Waals surface area contributed by atoms with Crippen molar-refractivity contribution in [1.82, 2.24) is 10.6 Å². The van der Waals surface area contributed by atoms with Gasteiger partial charge in [0.15, 0.2) is 11.5 Å². The molecule has 1 aromatic rings. The van der Waals surface area contributed by atoms with E-state index >= 15 is 0 Å². The van der Waals surface area contributed by atoms with Gasteiger partial charge in [-0.3, -0.25) is 9.59 Å². The standard InChI is InChI=1S/C16H23ClN2O4/c1-5-23-14-12(17)8-11(9-13(14)22-4)16(21)19-7-6-18-15(20)10(2)3/h8-10H,5-7H2,1-4H3,(H,18,20)(H,19,21). The normalized spacial score (nSPS) is 10.3. The molecule has 2 amide bonds. The maximum absolute atomic E-state index is 12.1. The van der Waals surface area contributed by atoms with Gasteiger partial charge in [0.2, 0.25) is 5.91 Å². The minimum absolute atomic E-state index is 0.0509. The summed E-state index contributed by atoms with van der Waals surface area (Å²) in [6.45, 7) is 6.58. The Bertz CT molecular complexity index is 561. The van der Waals surface area contributed by atoms with Crippen molar-refractivity contribution in [2.45, 2.75) is 20.8 Å². The van der Waals surface area contributed by atoms with E-state index in [9.17, 15) is 9.59 Å². The van der Waals surface area contributed by atoms with Crippen molar-refractivity contribution in [1.29, 1.82) is 0 Å². The Morgan fingerprint density at radius 2 is 1.87 bits per heavy atom. The minimum atomic E-state index is -0.299. The lowest BCUT2D eigenvalue weighted by Crippen LogP contribution is -2.36. The van der Waals surface area contributed by atoms with Crippen LogP contribution in [0.25, 0.3) is 0 Å². The van der Waals surface area contributed by atoms with Crippen molar-refractivity contribution < 1.29 is 19.1 Å². The highest BCUT2D eigenvalue weighted by Gasteiger charge is 2.15. The number of amides is 2. The number of benzene rings is 1. The van der Waals surface area contributed by atoms with Gasteiger partial charge in [0, 0.05) is 24.6 Å². The number of carbonyl (C=O) groups excluding carboxylic acids is 2. The van der Waals surface area contributed by atoms with Crippen LogP contribution in [-0.2, 0) is 4.79 Å². The summed E-state index contributed by atoms with van der Waals surface area (Å²) < 4.78 is 10.6. The number of halogens is 1. The Balaban J connectivity index is 2.66. The molecule has 2 N–H and O–H groups in total. The predicted molar refractivity (Wildman–Crippen MR) is 89.4 cm³/mol. The van der Waals surface area contributed by atoms with E-state index < -0.39 is 0 Å². The van der Waals surface area contributed by atoms with Gasteiger partial charge in [-0.15, -0.1) is 0 Å². The molecule has 0 aliphatic rings. The quantitative estimate of drug-likeness (QED) is 0.710. The van der Waals surface area contributed by atoms with E-state index in [1.54, 1.807) is 6.07 Å². The van der Waals surface area contributed by atoms with Gasteiger partial charge in [-0.1, -0.05) is 25.4 Å². The number of rotatable bonds is 8. The van der Waals surface area contributed by atoms with Crippen molar-refractivity contribution in [3.8, 4) is 11.5 Å². The summed E-state index contributed by atoms with van der Waals surface area (Å²) in [5.74, 6) is 0.381. The highest BCUT2D eigenvalue weighted by atomic mass is 35.5. The van der Waals surface area contributed by atoms with Gasteiger partial charge in [-0.25, -0.2) is 0 Å². The van der Waals surface area contributed by atoms with E-state index in [4.69, 9.17) is 21.1 Å². The third-order valence-corrected chi connectivity index (χ3v) is 3.30. The fraction of sp³-hybridized carbons (Fsp3) is 0.500. The average Bonchev–Trinajstić information content (AvgIpc) is 2.52. The lowest BCUT2D eigenvalue weighted by molar-refractivity contribution is -0.123. The van der Waals surface area contributed by atoms with E-state index in [0.717, 1.165) is 0 Å². The highest BCUT2D eigenvalue weighted by Crippen LogP contribution is 2.36. The lowest BCUT2D eigenvalue weighted by atomic mass is 10.2. The monoisotopic (exact) mass is 342 g/mol. The summed E-state index contributed by atoms with van der Waals surface area (Å²) in [7, 11) is 1.48. The minimum Gasteiger partial charge on any atom is -0.493 e. The molecule has 0 radical (unpaired) electrons. The zero-order valence-corrected chi connectivity index (χ0v) is 14.6. The van der Waals surface area contributed by atoms with Gasteiger partial charge in [-0.05, 0) is 19.1 Å². The van der Waals surface area contributed by atoms with E-state index in [0.29, 0.717) is 41.8 Å². The van der Waals surface area contributed by atoms with Crippen LogP contribution in [0.15, 0.2) is 12.1 Å². The second-order valence-electron chi connectivity index (χ2n) is 5.12. The Hall–Kier alpha value is -1.95. The summed E-state index contributed by atoms with van der Waals surface area (Å²) in [6, 6.07) is 3.09. The van der Waals surface area contributed by atoms with Crippen LogP contribution in [0.1, 0.15) is 31.1 Å². The SMILES string of the molecule is CCOc1c(Cl)cc(C(=O)NCCNC(=O)C(C)C)cc1OC. The first kappa shape index (κ1) is 19.1. The van der Waals surface area contributed by atoms with E-state index in [-0.39, 0.29) is 17.7 Å². The second kappa shape index (κ2) is 9.25. The predicted octanol–water partition coefficient (Wildman–Crippen LogP) is 2.25. The molecule has 0 fully saturated rings. The summed E-state index contributed by atoms with van der Waals surface area (Å²) in [5, 5.41) is 5.75. The summed E-state index contributed by atoms with van der Waals surface area (Å²) in [5.41, 5.74) is 0.366. The second-order valence-corrected chi connectivity index (χ2v) is 5.53. The molecule has 0 saturated heterocycles. The third-order valence-electron chi connectivity index (χ3n) is 3.01. The van der Waals surface area contributed by atoms with Gasteiger partial charge >= 0.3 is 0 Å². The van der Waals surface area contributed by atoms with Crippen molar-refractivity contribution in [3.63, 3.8) is 0 Å². The van der Waals surface area contributed by atoms with Gasteiger partial charge in [0.05, 0.1) is 18.7 Å². The first-order valence-corrected chi connectivity index (χ1v) is 7.84. The molecule has 0 aliphatic carbocycles. The first-order valence-electron chi connectivity index (χ1n) is 7.46. The maximum atomic E-state index is 12.1. The molecule has 0 aromatic heterocycles. The molecule has 1 rings (SSSR count). The van der Waals surface area contributed by atoms with Crippen LogP contribution in [0.4, 0.5) is 0 Å². The lowest BCUT2D eigenvalue weighted by Gasteiger charge is -2.13. The van der Waals surface area contributed by atoms with Crippen molar-refractivity contribution in [2.75, 3.05) is 26.8 Å². The van der Waals surface area contributed by atoms with Crippen LogP contribution in [0.3, 0.4) is 0 Å². The van der Waals surface area contributed by atoms with Crippen molar-refractivity contribution in [2.24, 2.45) is 5.92 Å². The maximum Gasteiger partial charge on any atom is 0.251 e. The Kier molecular flexibility index (Phi) is 7.68. The van der Waals surface area contributed by atoms with E-state index in [1.807, 2.05) is 20.8 Å². The van der Waals surface area contributed by atoms with Crippen LogP contribution in [0, 0.1) is 5.92 Å². The molecule has 1 aromatic carbocycles. The molecule has 23 heavy (non-hydrogen) atoms. The smallest absolute Gasteiger partial charge is 0.251 e. The highest BCUT2D eigenvalue weighted by molar-refractivity contribution is 6.32. The average molecular weight is 343 g/mol. The van der Waals surface area contributed by atoms with Gasteiger partial charge in [-0.2, -0.15) is 0 Å². The number of ether oxygens (including phenoxy) is 2. The van der Waals surface area contributed by atoms with Gasteiger partial charge in [0.1, 0.15) is 0 Å². The zero-order chi connectivity index (χ0) is 17.4. The summed E-state index contributed by atoms with van der Waals surface area (Å²) in [4.78, 5) is 23.5. The fourth-order valence-electron chi connectivity index (χ4n) is 1.80. The molecule has 0 atom stereocenters. The summed E-state index contributed by atoms with van der Waals surface area (Å²) in [6.07, 6.45) is 0. The van der Waals surface area contributed by atoms with Crippen molar-refractivity contribution in [3.05, 3.63) is 22.7 Å². The third kappa shape index (κ3) is 5.63. The van der Waals surface area contributed by atoms with Gasteiger partial charge < -0.3 is 20.1 Å². The number of hydrogen-bond acceptors (Lipinski definition) is 4. The first-order chi connectivity index (χ1) is 10.9. The molecular weight excluding hydrogens is 320 g/mol. The van der Waals surface area contributed by atoms with Crippen LogP contribution in [-0.4, -0.2) is 38.6 Å². The number of methoxy groups -OCH3 is 1. The molecular formula is C16H23ClN2O4. The number of hydrogen-bond donors (Lipinski definition) is 2. The van der Waals surface area contributed by atoms with E-state index in [1.165, 1.54) is 13.2 Å². The van der Waals surface area contributed by atoms with Crippen LogP contribution < -0.4 is 20.1 Å². The van der Waals surface area contributed by atoms with Crippen LogP contribution in [0.5, 0.6) is 11.5 Å². The molecule has 0 heterocycles. The molecule has 6 nitrogen and oxygen atoms in total. The number of carbonyl (C=O) groups is 2. The Morgan fingerprint density at radius 3 is 2.43 bits per heavy atom. The molecule has 0 spiro atoms. The molecule has 128 valence electrons. The van der Waals surface area contributed by atoms with Gasteiger partial charge in [0.25, 0.3) is 5.91 Å². The number of nitrogens with one attached hydrogen (secondary N) is 2. The fourth-order valence-corrected chi connectivity index (χ4v) is 2.07. The molecule has 7 heteroatoms. The Labute approximate surface area is 141 Å². The van der Waals surface area contributed by atoms with Crippen LogP contribution >= 0.6 is 11.6 Å².